The number of hydrogen-bond donors (Lipinski definition) is 0. The van der Waals surface area contributed by atoms with Gasteiger partial charge < -0.3 is 0 Å². The fourth-order valence-electron chi connectivity index (χ4n) is 3.96. The third kappa shape index (κ3) is 4.04. The summed E-state index contributed by atoms with van der Waals surface area (Å²) in [7, 11) is 0. The van der Waals surface area contributed by atoms with Crippen LogP contribution in [0.3, 0.4) is 0 Å². The number of rotatable bonds is 6. The van der Waals surface area contributed by atoms with Gasteiger partial charge >= 0.3 is 0 Å². The first-order chi connectivity index (χ1) is 14.7. The molecule has 148 valence electrons. The predicted molar refractivity (Wildman–Crippen MR) is 124 cm³/mol. The molecule has 0 unspecified atom stereocenters. The van der Waals surface area contributed by atoms with Crippen molar-refractivity contribution in [2.45, 2.75) is 18.8 Å². The summed E-state index contributed by atoms with van der Waals surface area (Å²) in [4.78, 5) is 15.7. The van der Waals surface area contributed by atoms with Crippen LogP contribution in [-0.4, -0.2) is 5.91 Å². The van der Waals surface area contributed by atoms with Crippen molar-refractivity contribution in [3.63, 3.8) is 0 Å². The van der Waals surface area contributed by atoms with Crippen molar-refractivity contribution in [2.75, 3.05) is 4.90 Å². The molecular formula is C28H25NO. The van der Waals surface area contributed by atoms with Gasteiger partial charge in [0, 0.05) is 23.2 Å². The van der Waals surface area contributed by atoms with Crippen molar-refractivity contribution in [3.05, 3.63) is 132 Å². The number of hydrogen-bond acceptors (Lipinski definition) is 1. The Morgan fingerprint density at radius 2 is 0.933 bits per heavy atom. The minimum atomic E-state index is -0.443. The van der Waals surface area contributed by atoms with Crippen molar-refractivity contribution >= 4 is 17.3 Å². The van der Waals surface area contributed by atoms with E-state index in [4.69, 9.17) is 0 Å². The van der Waals surface area contributed by atoms with Gasteiger partial charge in [0.2, 0.25) is 5.91 Å². The monoisotopic (exact) mass is 391 g/mol. The number of carbonyl (C=O) groups is 1. The maximum atomic E-state index is 13.8. The number of amides is 1. The molecule has 0 aliphatic carbocycles. The molecule has 0 saturated heterocycles. The summed E-state index contributed by atoms with van der Waals surface area (Å²) in [5, 5.41) is 0. The van der Waals surface area contributed by atoms with E-state index in [1.165, 1.54) is 0 Å². The molecule has 2 nitrogen and oxygen atoms in total. The second-order valence-electron chi connectivity index (χ2n) is 7.64. The SMILES string of the molecule is CC(CC(=O)N(c1ccccc1)c1ccccc1)(c1ccccc1)c1ccccc1. The van der Waals surface area contributed by atoms with Crippen LogP contribution in [-0.2, 0) is 10.2 Å². The van der Waals surface area contributed by atoms with E-state index in [1.54, 1.807) is 0 Å². The molecule has 4 aromatic rings. The van der Waals surface area contributed by atoms with E-state index in [0.717, 1.165) is 22.5 Å². The molecule has 0 aromatic heterocycles. The molecule has 0 aliphatic rings. The summed E-state index contributed by atoms with van der Waals surface area (Å²) < 4.78 is 0. The van der Waals surface area contributed by atoms with Crippen LogP contribution in [0.15, 0.2) is 121 Å². The highest BCUT2D eigenvalue weighted by molar-refractivity contribution is 6.01. The molecule has 0 atom stereocenters. The summed E-state index contributed by atoms with van der Waals surface area (Å²) in [5.74, 6) is 0.0580. The highest BCUT2D eigenvalue weighted by Gasteiger charge is 2.34. The molecule has 0 heterocycles. The van der Waals surface area contributed by atoms with Gasteiger partial charge in [-0.15, -0.1) is 0 Å². The summed E-state index contributed by atoms with van der Waals surface area (Å²) in [6.45, 7) is 2.16. The Labute approximate surface area is 178 Å². The second-order valence-corrected chi connectivity index (χ2v) is 7.64. The highest BCUT2D eigenvalue weighted by Crippen LogP contribution is 2.37. The molecule has 0 saturated carbocycles. The van der Waals surface area contributed by atoms with E-state index >= 15 is 0 Å². The molecule has 0 radical (unpaired) electrons. The first-order valence-corrected chi connectivity index (χ1v) is 10.2. The minimum Gasteiger partial charge on any atom is -0.281 e. The van der Waals surface area contributed by atoms with E-state index in [9.17, 15) is 4.79 Å². The van der Waals surface area contributed by atoms with Crippen LogP contribution in [0.4, 0.5) is 11.4 Å². The third-order valence-corrected chi connectivity index (χ3v) is 5.60. The molecule has 1 amide bonds. The summed E-state index contributed by atoms with van der Waals surface area (Å²) in [6.07, 6.45) is 0.352. The lowest BCUT2D eigenvalue weighted by Crippen LogP contribution is -2.35. The van der Waals surface area contributed by atoms with Crippen LogP contribution in [0, 0.1) is 0 Å². The lowest BCUT2D eigenvalue weighted by Gasteiger charge is -2.33. The van der Waals surface area contributed by atoms with Gasteiger partial charge in [-0.3, -0.25) is 9.69 Å². The number of benzene rings is 4. The summed E-state index contributed by atoms with van der Waals surface area (Å²) in [5.41, 5.74) is 3.56. The maximum Gasteiger partial charge on any atom is 0.232 e. The molecule has 0 fully saturated rings. The van der Waals surface area contributed by atoms with Gasteiger partial charge in [0.1, 0.15) is 0 Å². The molecule has 0 bridgehead atoms. The molecule has 4 aromatic carbocycles. The second kappa shape index (κ2) is 8.79. The van der Waals surface area contributed by atoms with Crippen LogP contribution in [0.25, 0.3) is 0 Å². The number of carbonyl (C=O) groups excluding carboxylic acids is 1. The molecule has 4 rings (SSSR count). The standard InChI is InChI=1S/C28H25NO/c1-28(23-14-6-2-7-15-23,24-16-8-3-9-17-24)22-27(30)29(25-18-10-4-11-19-25)26-20-12-5-13-21-26/h2-21H,22H2,1H3. The van der Waals surface area contributed by atoms with Crippen molar-refractivity contribution < 1.29 is 4.79 Å². The first kappa shape index (κ1) is 19.7. The smallest absolute Gasteiger partial charge is 0.232 e. The average Bonchev–Trinajstić information content (AvgIpc) is 2.82. The van der Waals surface area contributed by atoms with Crippen molar-refractivity contribution in [3.8, 4) is 0 Å². The average molecular weight is 392 g/mol. The topological polar surface area (TPSA) is 20.3 Å². The van der Waals surface area contributed by atoms with Crippen molar-refractivity contribution in [1.29, 1.82) is 0 Å². The normalized spacial score (nSPS) is 11.1. The number of para-hydroxylation sites is 2. The van der Waals surface area contributed by atoms with E-state index in [-0.39, 0.29) is 5.91 Å². The van der Waals surface area contributed by atoms with Gasteiger partial charge in [0.25, 0.3) is 0 Å². The fraction of sp³-hybridized carbons (Fsp3) is 0.107. The molecule has 30 heavy (non-hydrogen) atoms. The van der Waals surface area contributed by atoms with Crippen LogP contribution in [0.1, 0.15) is 24.5 Å². The molecule has 0 N–H and O–H groups in total. The van der Waals surface area contributed by atoms with Gasteiger partial charge in [0.15, 0.2) is 0 Å². The van der Waals surface area contributed by atoms with Crippen LogP contribution >= 0.6 is 0 Å². The van der Waals surface area contributed by atoms with E-state index in [0.29, 0.717) is 6.42 Å². The zero-order chi connectivity index (χ0) is 20.8. The first-order valence-electron chi connectivity index (χ1n) is 10.2. The Hall–Kier alpha value is -3.65. The van der Waals surface area contributed by atoms with Gasteiger partial charge in [-0.1, -0.05) is 104 Å². The Morgan fingerprint density at radius 1 is 0.600 bits per heavy atom. The van der Waals surface area contributed by atoms with Crippen molar-refractivity contribution in [1.82, 2.24) is 0 Å². The molecule has 0 spiro atoms. The fourth-order valence-corrected chi connectivity index (χ4v) is 3.96. The largest absolute Gasteiger partial charge is 0.281 e. The lowest BCUT2D eigenvalue weighted by molar-refractivity contribution is -0.118. The zero-order valence-corrected chi connectivity index (χ0v) is 17.1. The van der Waals surface area contributed by atoms with Gasteiger partial charge in [-0.05, 0) is 35.4 Å². The Balaban J connectivity index is 1.77. The maximum absolute atomic E-state index is 13.8. The quantitative estimate of drug-likeness (QED) is 0.356. The number of anilines is 2. The molecular weight excluding hydrogens is 366 g/mol. The Bertz CT molecular complexity index is 998. The van der Waals surface area contributed by atoms with Gasteiger partial charge in [-0.2, -0.15) is 0 Å². The van der Waals surface area contributed by atoms with Crippen LogP contribution < -0.4 is 4.90 Å². The number of nitrogens with zero attached hydrogens (tertiary/aromatic N) is 1. The third-order valence-electron chi connectivity index (χ3n) is 5.60. The minimum absolute atomic E-state index is 0.0580. The Kier molecular flexibility index (Phi) is 5.76. The molecule has 0 aliphatic heterocycles. The lowest BCUT2D eigenvalue weighted by atomic mass is 9.73. The van der Waals surface area contributed by atoms with E-state index < -0.39 is 5.41 Å². The zero-order valence-electron chi connectivity index (χ0n) is 17.1. The molecule has 2 heteroatoms. The van der Waals surface area contributed by atoms with Crippen LogP contribution in [0.2, 0.25) is 0 Å². The predicted octanol–water partition coefficient (Wildman–Crippen LogP) is 6.75. The van der Waals surface area contributed by atoms with E-state index in [1.807, 2.05) is 102 Å². The van der Waals surface area contributed by atoms with Crippen molar-refractivity contribution in [2.24, 2.45) is 0 Å². The highest BCUT2D eigenvalue weighted by atomic mass is 16.2. The van der Waals surface area contributed by atoms with Gasteiger partial charge in [-0.25, -0.2) is 0 Å². The van der Waals surface area contributed by atoms with Gasteiger partial charge in [0.05, 0.1) is 0 Å². The summed E-state index contributed by atoms with van der Waals surface area (Å²) >= 11 is 0. The van der Waals surface area contributed by atoms with Crippen LogP contribution in [0.5, 0.6) is 0 Å². The Morgan fingerprint density at radius 3 is 1.30 bits per heavy atom. The summed E-state index contributed by atoms with van der Waals surface area (Å²) in [6, 6.07) is 40.3. The van der Waals surface area contributed by atoms with E-state index in [2.05, 4.69) is 31.2 Å².